The number of hydrogen-bond acceptors (Lipinski definition) is 2. The normalized spacial score (nSPS) is 11.2. The van der Waals surface area contributed by atoms with E-state index in [2.05, 4.69) is 10.3 Å². The fourth-order valence-electron chi connectivity index (χ4n) is 1.68. The number of hydrogen-bond donors (Lipinski definition) is 1. The van der Waals surface area contributed by atoms with Crippen LogP contribution in [0.5, 0.6) is 0 Å². The summed E-state index contributed by atoms with van der Waals surface area (Å²) in [4.78, 5) is 16.3. The number of aromatic nitrogens is 1. The Morgan fingerprint density at radius 1 is 1.20 bits per heavy atom. The number of rotatable bonds is 2. The predicted molar refractivity (Wildman–Crippen MR) is 77.7 cm³/mol. The van der Waals surface area contributed by atoms with Crippen LogP contribution in [0.2, 0.25) is 0 Å². The molecule has 20 heavy (non-hydrogen) atoms. The smallest absolute Gasteiger partial charge is 0.229 e. The van der Waals surface area contributed by atoms with Crippen molar-refractivity contribution in [3.05, 3.63) is 48.4 Å². The molecule has 0 aliphatic heterocycles. The van der Waals surface area contributed by atoms with Crippen LogP contribution < -0.4 is 5.32 Å². The number of halogens is 1. The van der Waals surface area contributed by atoms with Gasteiger partial charge in [0, 0.05) is 17.2 Å². The van der Waals surface area contributed by atoms with Crippen molar-refractivity contribution in [1.29, 1.82) is 0 Å². The average molecular weight is 272 g/mol. The first-order valence-corrected chi connectivity index (χ1v) is 6.40. The highest BCUT2D eigenvalue weighted by atomic mass is 19.1. The minimum atomic E-state index is -0.548. The summed E-state index contributed by atoms with van der Waals surface area (Å²) in [5.41, 5.74) is 1.28. The highest BCUT2D eigenvalue weighted by Gasteiger charge is 2.22. The molecule has 2 rings (SSSR count). The molecular weight excluding hydrogens is 255 g/mol. The van der Waals surface area contributed by atoms with Crippen molar-refractivity contribution in [1.82, 2.24) is 4.98 Å². The van der Waals surface area contributed by atoms with Crippen molar-refractivity contribution >= 4 is 11.6 Å². The van der Waals surface area contributed by atoms with Gasteiger partial charge in [-0.05, 0) is 30.3 Å². The number of nitrogens with one attached hydrogen (secondary N) is 1. The second-order valence-corrected chi connectivity index (χ2v) is 5.61. The first kappa shape index (κ1) is 14.2. The zero-order chi connectivity index (χ0) is 14.8. The summed E-state index contributed by atoms with van der Waals surface area (Å²) in [6, 6.07) is 9.77. The monoisotopic (exact) mass is 272 g/mol. The molecule has 0 radical (unpaired) electrons. The Morgan fingerprint density at radius 2 is 1.95 bits per heavy atom. The second-order valence-electron chi connectivity index (χ2n) is 5.61. The summed E-state index contributed by atoms with van der Waals surface area (Å²) in [6.07, 6.45) is 1.66. The van der Waals surface area contributed by atoms with E-state index >= 15 is 0 Å². The van der Waals surface area contributed by atoms with Gasteiger partial charge in [-0.3, -0.25) is 9.78 Å². The molecule has 0 saturated heterocycles. The molecule has 0 unspecified atom stereocenters. The number of benzene rings is 1. The van der Waals surface area contributed by atoms with E-state index in [9.17, 15) is 9.18 Å². The van der Waals surface area contributed by atoms with Gasteiger partial charge in [-0.1, -0.05) is 26.8 Å². The highest BCUT2D eigenvalue weighted by Crippen LogP contribution is 2.28. The van der Waals surface area contributed by atoms with Crippen LogP contribution in [0.15, 0.2) is 42.6 Å². The molecule has 1 aromatic heterocycles. The van der Waals surface area contributed by atoms with E-state index in [1.165, 1.54) is 12.1 Å². The summed E-state index contributed by atoms with van der Waals surface area (Å²) in [6.45, 7) is 5.42. The number of pyridine rings is 1. The minimum absolute atomic E-state index is 0.166. The largest absolute Gasteiger partial charge is 0.325 e. The summed E-state index contributed by atoms with van der Waals surface area (Å²) < 4.78 is 13.4. The van der Waals surface area contributed by atoms with Gasteiger partial charge in [-0.2, -0.15) is 0 Å². The Morgan fingerprint density at radius 3 is 2.55 bits per heavy atom. The molecule has 0 fully saturated rings. The highest BCUT2D eigenvalue weighted by molar-refractivity contribution is 5.97. The maximum Gasteiger partial charge on any atom is 0.229 e. The van der Waals surface area contributed by atoms with Gasteiger partial charge in [0.05, 0.1) is 11.4 Å². The van der Waals surface area contributed by atoms with Crippen LogP contribution in [0.4, 0.5) is 10.1 Å². The van der Waals surface area contributed by atoms with Gasteiger partial charge < -0.3 is 5.32 Å². The lowest BCUT2D eigenvalue weighted by Crippen LogP contribution is -2.27. The Bertz CT molecular complexity index is 618. The van der Waals surface area contributed by atoms with Gasteiger partial charge >= 0.3 is 0 Å². The standard InChI is InChI=1S/C16H17FN2O/c1-16(2,3)15(20)19-14-10-11(17)7-8-12(14)13-6-4-5-9-18-13/h4-10H,1-3H3,(H,19,20). The van der Waals surface area contributed by atoms with Crippen LogP contribution in [0, 0.1) is 11.2 Å². The molecule has 1 aromatic carbocycles. The van der Waals surface area contributed by atoms with Crippen molar-refractivity contribution in [3.8, 4) is 11.3 Å². The van der Waals surface area contributed by atoms with Gasteiger partial charge in [0.25, 0.3) is 0 Å². The molecule has 0 aliphatic rings. The van der Waals surface area contributed by atoms with Crippen LogP contribution >= 0.6 is 0 Å². The SMILES string of the molecule is CC(C)(C)C(=O)Nc1cc(F)ccc1-c1ccccn1. The second kappa shape index (κ2) is 5.41. The van der Waals surface area contributed by atoms with E-state index in [4.69, 9.17) is 0 Å². The van der Waals surface area contributed by atoms with Crippen molar-refractivity contribution in [2.24, 2.45) is 5.41 Å². The number of anilines is 1. The van der Waals surface area contributed by atoms with Crippen molar-refractivity contribution in [3.63, 3.8) is 0 Å². The number of carbonyl (C=O) groups excluding carboxylic acids is 1. The molecule has 0 atom stereocenters. The number of carbonyl (C=O) groups is 1. The topological polar surface area (TPSA) is 42.0 Å². The van der Waals surface area contributed by atoms with Gasteiger partial charge in [-0.25, -0.2) is 4.39 Å². The summed E-state index contributed by atoms with van der Waals surface area (Å²) in [7, 11) is 0. The number of nitrogens with zero attached hydrogens (tertiary/aromatic N) is 1. The zero-order valence-corrected chi connectivity index (χ0v) is 11.8. The lowest BCUT2D eigenvalue weighted by Gasteiger charge is -2.19. The quantitative estimate of drug-likeness (QED) is 0.901. The predicted octanol–water partition coefficient (Wildman–Crippen LogP) is 3.87. The molecule has 3 nitrogen and oxygen atoms in total. The summed E-state index contributed by atoms with van der Waals surface area (Å²) >= 11 is 0. The van der Waals surface area contributed by atoms with Crippen molar-refractivity contribution in [2.75, 3.05) is 5.32 Å². The summed E-state index contributed by atoms with van der Waals surface area (Å²) in [5, 5.41) is 2.77. The Balaban J connectivity index is 2.42. The van der Waals surface area contributed by atoms with Crippen molar-refractivity contribution in [2.45, 2.75) is 20.8 Å². The molecule has 1 heterocycles. The van der Waals surface area contributed by atoms with E-state index in [1.54, 1.807) is 18.3 Å². The van der Waals surface area contributed by atoms with Crippen LogP contribution in [-0.4, -0.2) is 10.9 Å². The lowest BCUT2D eigenvalue weighted by atomic mass is 9.95. The van der Waals surface area contributed by atoms with Gasteiger partial charge in [-0.15, -0.1) is 0 Å². The molecule has 0 bridgehead atoms. The third kappa shape index (κ3) is 3.20. The van der Waals surface area contributed by atoms with Gasteiger partial charge in [0.1, 0.15) is 5.82 Å². The maximum atomic E-state index is 13.4. The van der Waals surface area contributed by atoms with E-state index < -0.39 is 11.2 Å². The maximum absolute atomic E-state index is 13.4. The van der Waals surface area contributed by atoms with Gasteiger partial charge in [0.2, 0.25) is 5.91 Å². The molecule has 1 N–H and O–H groups in total. The fourth-order valence-corrected chi connectivity index (χ4v) is 1.68. The Kier molecular flexibility index (Phi) is 3.84. The molecule has 104 valence electrons. The molecule has 4 heteroatoms. The molecular formula is C16H17FN2O. The van der Waals surface area contributed by atoms with Crippen molar-refractivity contribution < 1.29 is 9.18 Å². The van der Waals surface area contributed by atoms with E-state index in [1.807, 2.05) is 32.9 Å². The molecule has 0 spiro atoms. The average Bonchev–Trinajstić information content (AvgIpc) is 2.39. The number of amides is 1. The Hall–Kier alpha value is -2.23. The minimum Gasteiger partial charge on any atom is -0.325 e. The van der Waals surface area contributed by atoms with Crippen LogP contribution in [0.1, 0.15) is 20.8 Å². The van der Waals surface area contributed by atoms with Crippen LogP contribution in [0.25, 0.3) is 11.3 Å². The lowest BCUT2D eigenvalue weighted by molar-refractivity contribution is -0.123. The van der Waals surface area contributed by atoms with Crippen LogP contribution in [0.3, 0.4) is 0 Å². The van der Waals surface area contributed by atoms with E-state index in [0.29, 0.717) is 16.9 Å². The third-order valence-corrected chi connectivity index (χ3v) is 2.85. The first-order chi connectivity index (χ1) is 9.38. The molecule has 0 saturated carbocycles. The van der Waals surface area contributed by atoms with Crippen LogP contribution in [-0.2, 0) is 4.79 Å². The Labute approximate surface area is 117 Å². The summed E-state index contributed by atoms with van der Waals surface area (Å²) in [5.74, 6) is -0.561. The third-order valence-electron chi connectivity index (χ3n) is 2.85. The van der Waals surface area contributed by atoms with Gasteiger partial charge in [0.15, 0.2) is 0 Å². The zero-order valence-electron chi connectivity index (χ0n) is 11.8. The molecule has 0 aliphatic carbocycles. The fraction of sp³-hybridized carbons (Fsp3) is 0.250. The van der Waals surface area contributed by atoms with E-state index in [0.717, 1.165) is 0 Å². The molecule has 2 aromatic rings. The van der Waals surface area contributed by atoms with E-state index in [-0.39, 0.29) is 5.91 Å². The first-order valence-electron chi connectivity index (χ1n) is 6.40. The molecule has 1 amide bonds.